The van der Waals surface area contributed by atoms with E-state index < -0.39 is 12.2 Å². The Morgan fingerprint density at radius 2 is 1.73 bits per heavy atom. The topological polar surface area (TPSA) is 73.9 Å². The second kappa shape index (κ2) is 10.0. The molecule has 0 radical (unpaired) electrons. The van der Waals surface area contributed by atoms with E-state index in [1.165, 1.54) is 12.2 Å². The number of nitrogens with one attached hydrogen (secondary N) is 1. The van der Waals surface area contributed by atoms with Gasteiger partial charge in [0.05, 0.1) is 6.61 Å². The van der Waals surface area contributed by atoms with Crippen LogP contribution in [0.2, 0.25) is 0 Å². The van der Waals surface area contributed by atoms with Crippen molar-refractivity contribution in [1.29, 1.82) is 0 Å². The molecule has 1 aromatic carbocycles. The van der Waals surface area contributed by atoms with E-state index in [0.717, 1.165) is 5.56 Å². The lowest BCUT2D eigenvalue weighted by Gasteiger charge is -2.11. The molecule has 118 valence electrons. The van der Waals surface area contributed by atoms with Gasteiger partial charge in [-0.05, 0) is 11.6 Å². The van der Waals surface area contributed by atoms with Crippen LogP contribution in [0.15, 0.2) is 49.6 Å². The van der Waals surface area contributed by atoms with Crippen LogP contribution in [0.5, 0.6) is 0 Å². The summed E-state index contributed by atoms with van der Waals surface area (Å²) in [5, 5.41) is 2.62. The van der Waals surface area contributed by atoms with Crippen LogP contribution in [0.4, 0.5) is 15.3 Å². The summed E-state index contributed by atoms with van der Waals surface area (Å²) in [7, 11) is 0. The Bertz CT molecular complexity index is 527. The first-order chi connectivity index (χ1) is 10.7. The molecular formula is C16H19NO5. The number of rotatable bonds is 8. The normalized spacial score (nSPS) is 9.45. The molecule has 1 aromatic rings. The average molecular weight is 305 g/mol. The summed E-state index contributed by atoms with van der Waals surface area (Å²) in [6.45, 7) is 7.26. The molecule has 0 aliphatic heterocycles. The maximum absolute atomic E-state index is 11.5. The SMILES string of the molecule is C=CCOC(=O)Nc1ccccc1CCOC(=O)OCC=C. The zero-order valence-corrected chi connectivity index (χ0v) is 12.2. The lowest BCUT2D eigenvalue weighted by atomic mass is 10.1. The first-order valence-corrected chi connectivity index (χ1v) is 6.70. The summed E-state index contributed by atoms with van der Waals surface area (Å²) in [4.78, 5) is 22.7. The molecule has 0 saturated carbocycles. The number of anilines is 1. The Balaban J connectivity index is 2.49. The second-order valence-electron chi connectivity index (χ2n) is 4.12. The molecule has 0 aromatic heterocycles. The van der Waals surface area contributed by atoms with Crippen LogP contribution in [-0.2, 0) is 20.6 Å². The standard InChI is InChI=1S/C16H19NO5/c1-3-10-20-15(18)17-14-8-6-5-7-13(14)9-12-22-16(19)21-11-4-2/h3-8H,1-2,9-12H2,(H,17,18). The molecule has 0 saturated heterocycles. The molecule has 6 heteroatoms. The third-order valence-corrected chi connectivity index (χ3v) is 2.50. The maximum Gasteiger partial charge on any atom is 0.508 e. The third kappa shape index (κ3) is 6.60. The number of amides is 1. The molecule has 0 heterocycles. The van der Waals surface area contributed by atoms with E-state index in [9.17, 15) is 9.59 Å². The average Bonchev–Trinajstić information content (AvgIpc) is 2.52. The minimum atomic E-state index is -0.754. The highest BCUT2D eigenvalue weighted by molar-refractivity contribution is 5.85. The van der Waals surface area contributed by atoms with Crippen molar-refractivity contribution in [1.82, 2.24) is 0 Å². The maximum atomic E-state index is 11.5. The smallest absolute Gasteiger partial charge is 0.445 e. The van der Waals surface area contributed by atoms with Gasteiger partial charge in [0.1, 0.15) is 13.2 Å². The van der Waals surface area contributed by atoms with Gasteiger partial charge in [0, 0.05) is 12.1 Å². The molecular weight excluding hydrogens is 286 g/mol. The highest BCUT2D eigenvalue weighted by Crippen LogP contribution is 2.16. The van der Waals surface area contributed by atoms with E-state index in [1.54, 1.807) is 12.1 Å². The molecule has 0 spiro atoms. The van der Waals surface area contributed by atoms with Gasteiger partial charge >= 0.3 is 12.2 Å². The number of para-hydroxylation sites is 1. The first-order valence-electron chi connectivity index (χ1n) is 6.70. The molecule has 22 heavy (non-hydrogen) atoms. The van der Waals surface area contributed by atoms with Crippen LogP contribution in [0.1, 0.15) is 5.56 Å². The van der Waals surface area contributed by atoms with Crippen molar-refractivity contribution in [2.45, 2.75) is 6.42 Å². The van der Waals surface area contributed by atoms with Crippen LogP contribution in [-0.4, -0.2) is 32.1 Å². The van der Waals surface area contributed by atoms with Crippen molar-refractivity contribution in [3.05, 3.63) is 55.1 Å². The van der Waals surface area contributed by atoms with Crippen LogP contribution in [0.25, 0.3) is 0 Å². The van der Waals surface area contributed by atoms with Crippen molar-refractivity contribution in [3.63, 3.8) is 0 Å². The fraction of sp³-hybridized carbons (Fsp3) is 0.250. The zero-order valence-electron chi connectivity index (χ0n) is 12.2. The highest BCUT2D eigenvalue weighted by atomic mass is 16.7. The number of carbonyl (C=O) groups excluding carboxylic acids is 2. The van der Waals surface area contributed by atoms with Gasteiger partial charge < -0.3 is 14.2 Å². The van der Waals surface area contributed by atoms with E-state index >= 15 is 0 Å². The monoisotopic (exact) mass is 305 g/mol. The Morgan fingerprint density at radius 1 is 1.05 bits per heavy atom. The fourth-order valence-electron chi connectivity index (χ4n) is 1.55. The molecule has 1 N–H and O–H groups in total. The third-order valence-electron chi connectivity index (χ3n) is 2.50. The lowest BCUT2D eigenvalue weighted by molar-refractivity contribution is 0.0642. The summed E-state index contributed by atoms with van der Waals surface area (Å²) < 4.78 is 14.5. The van der Waals surface area contributed by atoms with Gasteiger partial charge in [-0.2, -0.15) is 0 Å². The number of hydrogen-bond donors (Lipinski definition) is 1. The predicted octanol–water partition coefficient (Wildman–Crippen LogP) is 3.30. The van der Waals surface area contributed by atoms with Crippen molar-refractivity contribution in [2.75, 3.05) is 25.1 Å². The van der Waals surface area contributed by atoms with Crippen LogP contribution in [0, 0.1) is 0 Å². The number of ether oxygens (including phenoxy) is 3. The summed E-state index contributed by atoms with van der Waals surface area (Å²) in [5.74, 6) is 0. The van der Waals surface area contributed by atoms with E-state index in [0.29, 0.717) is 12.1 Å². The van der Waals surface area contributed by atoms with Crippen molar-refractivity contribution in [2.24, 2.45) is 0 Å². The number of carbonyl (C=O) groups is 2. The van der Waals surface area contributed by atoms with Gasteiger partial charge in [-0.1, -0.05) is 43.5 Å². The lowest BCUT2D eigenvalue weighted by Crippen LogP contribution is -2.16. The van der Waals surface area contributed by atoms with E-state index in [-0.39, 0.29) is 19.8 Å². The molecule has 1 amide bonds. The number of benzene rings is 1. The van der Waals surface area contributed by atoms with Crippen molar-refractivity contribution < 1.29 is 23.8 Å². The van der Waals surface area contributed by atoms with Gasteiger partial charge in [-0.25, -0.2) is 9.59 Å². The van der Waals surface area contributed by atoms with E-state index in [1.807, 2.05) is 12.1 Å². The molecule has 0 bridgehead atoms. The number of hydrogen-bond acceptors (Lipinski definition) is 5. The van der Waals surface area contributed by atoms with Gasteiger partial charge in [0.15, 0.2) is 0 Å². The minimum absolute atomic E-state index is 0.103. The summed E-state index contributed by atoms with van der Waals surface area (Å²) in [6.07, 6.45) is 2.04. The Kier molecular flexibility index (Phi) is 7.89. The molecule has 0 aliphatic carbocycles. The first kappa shape index (κ1) is 17.3. The molecule has 0 aliphatic rings. The Labute approximate surface area is 129 Å². The fourth-order valence-corrected chi connectivity index (χ4v) is 1.55. The van der Waals surface area contributed by atoms with Gasteiger partial charge in [0.25, 0.3) is 0 Å². The van der Waals surface area contributed by atoms with Crippen LogP contribution in [0.3, 0.4) is 0 Å². The second-order valence-corrected chi connectivity index (χ2v) is 4.12. The molecule has 0 fully saturated rings. The molecule has 1 rings (SSSR count). The van der Waals surface area contributed by atoms with Gasteiger partial charge in [0.2, 0.25) is 0 Å². The quantitative estimate of drug-likeness (QED) is 0.589. The summed E-state index contributed by atoms with van der Waals surface area (Å²) in [5.41, 5.74) is 1.41. The van der Waals surface area contributed by atoms with Gasteiger partial charge in [-0.15, -0.1) is 0 Å². The van der Waals surface area contributed by atoms with Crippen LogP contribution >= 0.6 is 0 Å². The predicted molar refractivity (Wildman–Crippen MR) is 82.8 cm³/mol. The summed E-state index contributed by atoms with van der Waals surface area (Å²) >= 11 is 0. The molecule has 0 atom stereocenters. The molecule has 0 unspecified atom stereocenters. The van der Waals surface area contributed by atoms with Crippen molar-refractivity contribution in [3.8, 4) is 0 Å². The van der Waals surface area contributed by atoms with Crippen LogP contribution < -0.4 is 5.32 Å². The largest absolute Gasteiger partial charge is 0.508 e. The van der Waals surface area contributed by atoms with E-state index in [4.69, 9.17) is 9.47 Å². The van der Waals surface area contributed by atoms with E-state index in [2.05, 4.69) is 23.2 Å². The highest BCUT2D eigenvalue weighted by Gasteiger charge is 2.08. The zero-order chi connectivity index (χ0) is 16.2. The minimum Gasteiger partial charge on any atom is -0.445 e. The summed E-state index contributed by atoms with van der Waals surface area (Å²) in [6, 6.07) is 7.17. The Morgan fingerprint density at radius 3 is 2.45 bits per heavy atom. The molecule has 6 nitrogen and oxygen atoms in total. The van der Waals surface area contributed by atoms with Gasteiger partial charge in [-0.3, -0.25) is 5.32 Å². The Hall–Kier alpha value is -2.76. The van der Waals surface area contributed by atoms with Crippen molar-refractivity contribution >= 4 is 17.9 Å².